The molecular weight excluding hydrogens is 378 g/mol. The van der Waals surface area contributed by atoms with Crippen molar-refractivity contribution >= 4 is 33.3 Å². The fraction of sp³-hybridized carbons (Fsp3) is 0.222. The molecule has 6 nitrogen and oxygen atoms in total. The highest BCUT2D eigenvalue weighted by atomic mass is 35.5. The van der Waals surface area contributed by atoms with Crippen LogP contribution in [0.2, 0.25) is 5.02 Å². The number of rotatable bonds is 6. The van der Waals surface area contributed by atoms with E-state index in [-0.39, 0.29) is 16.5 Å². The van der Waals surface area contributed by atoms with Crippen molar-refractivity contribution in [1.29, 1.82) is 0 Å². The summed E-state index contributed by atoms with van der Waals surface area (Å²) >= 11 is 5.82. The molecule has 0 aliphatic carbocycles. The normalized spacial score (nSPS) is 12.3. The van der Waals surface area contributed by atoms with Crippen LogP contribution in [0, 0.1) is 0 Å². The maximum Gasteiger partial charge on any atom is 0.338 e. The van der Waals surface area contributed by atoms with Crippen LogP contribution in [0.25, 0.3) is 0 Å². The van der Waals surface area contributed by atoms with Gasteiger partial charge in [0.2, 0.25) is 0 Å². The molecule has 26 heavy (non-hydrogen) atoms. The Bertz CT molecular complexity index is 892. The minimum Gasteiger partial charge on any atom is -0.452 e. The van der Waals surface area contributed by atoms with E-state index in [0.717, 1.165) is 11.8 Å². The van der Waals surface area contributed by atoms with Gasteiger partial charge < -0.3 is 10.1 Å². The smallest absolute Gasteiger partial charge is 0.338 e. The number of carbonyl (C=O) groups is 2. The van der Waals surface area contributed by atoms with Gasteiger partial charge in [0.05, 0.1) is 16.5 Å². The van der Waals surface area contributed by atoms with Crippen molar-refractivity contribution in [2.24, 2.45) is 0 Å². The van der Waals surface area contributed by atoms with E-state index in [1.165, 1.54) is 24.3 Å². The first-order valence-electron chi connectivity index (χ1n) is 7.69. The first-order chi connectivity index (χ1) is 12.2. The van der Waals surface area contributed by atoms with Crippen molar-refractivity contribution in [3.05, 3.63) is 64.7 Å². The SMILES string of the molecule is C[C@@H](NC(=O)COC(=O)c1ccc(S(C)(=O)=O)cc1)c1ccc(Cl)cc1. The van der Waals surface area contributed by atoms with E-state index in [4.69, 9.17) is 16.3 Å². The molecule has 0 aliphatic heterocycles. The van der Waals surface area contributed by atoms with E-state index in [0.29, 0.717) is 5.02 Å². The molecule has 0 radical (unpaired) electrons. The zero-order valence-electron chi connectivity index (χ0n) is 14.2. The van der Waals surface area contributed by atoms with Crippen molar-refractivity contribution in [2.75, 3.05) is 12.9 Å². The number of ether oxygens (including phenoxy) is 1. The van der Waals surface area contributed by atoms with E-state index in [1.54, 1.807) is 31.2 Å². The standard InChI is InChI=1S/C18H18ClNO5S/c1-12(13-3-7-15(19)8-4-13)20-17(21)11-25-18(22)14-5-9-16(10-6-14)26(2,23)24/h3-10,12H,11H2,1-2H3,(H,20,21)/t12-/m1/s1. The second kappa shape index (κ2) is 8.33. The quantitative estimate of drug-likeness (QED) is 0.759. The predicted octanol–water partition coefficient (Wildman–Crippen LogP) is 2.78. The number of sulfone groups is 1. The van der Waals surface area contributed by atoms with Gasteiger partial charge in [-0.05, 0) is 48.9 Å². The van der Waals surface area contributed by atoms with Gasteiger partial charge in [-0.25, -0.2) is 13.2 Å². The van der Waals surface area contributed by atoms with E-state index >= 15 is 0 Å². The first-order valence-corrected chi connectivity index (χ1v) is 9.96. The number of nitrogens with one attached hydrogen (secondary N) is 1. The number of hydrogen-bond donors (Lipinski definition) is 1. The fourth-order valence-electron chi connectivity index (χ4n) is 2.17. The highest BCUT2D eigenvalue weighted by Gasteiger charge is 2.14. The first kappa shape index (κ1) is 19.9. The monoisotopic (exact) mass is 395 g/mol. The zero-order valence-corrected chi connectivity index (χ0v) is 15.8. The Balaban J connectivity index is 1.88. The summed E-state index contributed by atoms with van der Waals surface area (Å²) in [5.74, 6) is -1.16. The molecule has 0 bridgehead atoms. The van der Waals surface area contributed by atoms with Gasteiger partial charge >= 0.3 is 5.97 Å². The molecule has 0 saturated heterocycles. The van der Waals surface area contributed by atoms with Crippen LogP contribution in [0.15, 0.2) is 53.4 Å². The van der Waals surface area contributed by atoms with Gasteiger partial charge in [0.25, 0.3) is 5.91 Å². The molecule has 8 heteroatoms. The van der Waals surface area contributed by atoms with E-state index in [1.807, 2.05) is 0 Å². The van der Waals surface area contributed by atoms with Crippen molar-refractivity contribution in [3.8, 4) is 0 Å². The lowest BCUT2D eigenvalue weighted by atomic mass is 10.1. The molecule has 0 saturated carbocycles. The van der Waals surface area contributed by atoms with Gasteiger partial charge in [-0.15, -0.1) is 0 Å². The second-order valence-corrected chi connectivity index (χ2v) is 8.17. The number of carbonyl (C=O) groups excluding carboxylic acids is 2. The van der Waals surface area contributed by atoms with E-state index in [9.17, 15) is 18.0 Å². The summed E-state index contributed by atoms with van der Waals surface area (Å²) in [6.07, 6.45) is 1.08. The molecule has 0 fully saturated rings. The summed E-state index contributed by atoms with van der Waals surface area (Å²) in [6.45, 7) is 1.36. The molecule has 1 N–H and O–H groups in total. The van der Waals surface area contributed by atoms with Crippen molar-refractivity contribution in [3.63, 3.8) is 0 Å². The van der Waals surface area contributed by atoms with Crippen LogP contribution >= 0.6 is 11.6 Å². The summed E-state index contributed by atoms with van der Waals surface area (Å²) in [6, 6.07) is 12.1. The number of benzene rings is 2. The summed E-state index contributed by atoms with van der Waals surface area (Å²) < 4.78 is 27.7. The fourth-order valence-corrected chi connectivity index (χ4v) is 2.93. The van der Waals surface area contributed by atoms with Crippen molar-refractivity contribution < 1.29 is 22.7 Å². The summed E-state index contributed by atoms with van der Waals surface area (Å²) in [4.78, 5) is 24.0. The van der Waals surface area contributed by atoms with Crippen LogP contribution in [0.1, 0.15) is 28.9 Å². The van der Waals surface area contributed by atoms with Gasteiger partial charge in [0, 0.05) is 11.3 Å². The van der Waals surface area contributed by atoms with E-state index in [2.05, 4.69) is 5.32 Å². The Kier molecular flexibility index (Phi) is 6.39. The summed E-state index contributed by atoms with van der Waals surface area (Å²) in [7, 11) is -3.34. The number of amides is 1. The minimum absolute atomic E-state index is 0.101. The number of hydrogen-bond acceptors (Lipinski definition) is 5. The van der Waals surface area contributed by atoms with Crippen LogP contribution in [-0.4, -0.2) is 33.2 Å². The molecule has 0 aliphatic rings. The molecule has 0 heterocycles. The zero-order chi connectivity index (χ0) is 19.3. The van der Waals surface area contributed by atoms with Crippen LogP contribution in [0.3, 0.4) is 0 Å². The Morgan fingerprint density at radius 3 is 2.19 bits per heavy atom. The van der Waals surface area contributed by atoms with Crippen LogP contribution in [-0.2, 0) is 19.4 Å². The molecule has 2 aromatic rings. The summed E-state index contributed by atoms with van der Waals surface area (Å²) in [5.41, 5.74) is 1.03. The molecule has 1 amide bonds. The number of halogens is 1. The molecule has 0 spiro atoms. The lowest BCUT2D eigenvalue weighted by Crippen LogP contribution is -2.31. The highest BCUT2D eigenvalue weighted by molar-refractivity contribution is 7.90. The Morgan fingerprint density at radius 1 is 1.08 bits per heavy atom. The third-order valence-electron chi connectivity index (χ3n) is 3.60. The highest BCUT2D eigenvalue weighted by Crippen LogP contribution is 2.16. The summed E-state index contributed by atoms with van der Waals surface area (Å²) in [5, 5.41) is 3.31. The third-order valence-corrected chi connectivity index (χ3v) is 4.98. The molecule has 2 rings (SSSR count). The van der Waals surface area contributed by atoms with Crippen LogP contribution in [0.5, 0.6) is 0 Å². The van der Waals surface area contributed by atoms with Crippen molar-refractivity contribution in [1.82, 2.24) is 5.32 Å². The topological polar surface area (TPSA) is 89.5 Å². The van der Waals surface area contributed by atoms with Gasteiger partial charge in [-0.3, -0.25) is 4.79 Å². The predicted molar refractivity (Wildman–Crippen MR) is 97.8 cm³/mol. The third kappa shape index (κ3) is 5.57. The largest absolute Gasteiger partial charge is 0.452 e. The van der Waals surface area contributed by atoms with Gasteiger partial charge in [-0.2, -0.15) is 0 Å². The van der Waals surface area contributed by atoms with Crippen molar-refractivity contribution in [2.45, 2.75) is 17.9 Å². The Morgan fingerprint density at radius 2 is 1.65 bits per heavy atom. The van der Waals surface area contributed by atoms with Gasteiger partial charge in [0.1, 0.15) is 0 Å². The molecule has 0 unspecified atom stereocenters. The Hall–Kier alpha value is -2.38. The molecule has 0 aromatic heterocycles. The molecule has 138 valence electrons. The average molecular weight is 396 g/mol. The minimum atomic E-state index is -3.34. The van der Waals surface area contributed by atoms with Crippen LogP contribution in [0.4, 0.5) is 0 Å². The lowest BCUT2D eigenvalue weighted by Gasteiger charge is -2.14. The maximum absolute atomic E-state index is 11.9. The maximum atomic E-state index is 11.9. The Labute approximate surface area is 157 Å². The second-order valence-electron chi connectivity index (χ2n) is 5.71. The lowest BCUT2D eigenvalue weighted by molar-refractivity contribution is -0.124. The molecule has 1 atom stereocenters. The average Bonchev–Trinajstić information content (AvgIpc) is 2.59. The molecular formula is C18H18ClNO5S. The molecule has 2 aromatic carbocycles. The van der Waals surface area contributed by atoms with E-state index < -0.39 is 28.3 Å². The van der Waals surface area contributed by atoms with Crippen LogP contribution < -0.4 is 5.32 Å². The van der Waals surface area contributed by atoms with Gasteiger partial charge in [-0.1, -0.05) is 23.7 Å². The van der Waals surface area contributed by atoms with Gasteiger partial charge in [0.15, 0.2) is 16.4 Å². The number of esters is 1.